The minimum atomic E-state index is -4.43. The van der Waals surface area contributed by atoms with E-state index < -0.39 is 11.9 Å². The topological polar surface area (TPSA) is 64.7 Å². The molecule has 4 heterocycles. The summed E-state index contributed by atoms with van der Waals surface area (Å²) in [4.78, 5) is 14.6. The van der Waals surface area contributed by atoms with Crippen LogP contribution < -0.4 is 4.90 Å². The fourth-order valence-electron chi connectivity index (χ4n) is 3.58. The van der Waals surface area contributed by atoms with Crippen LogP contribution in [0.1, 0.15) is 30.3 Å². The van der Waals surface area contributed by atoms with Crippen molar-refractivity contribution in [2.24, 2.45) is 14.1 Å². The molecule has 0 aliphatic carbocycles. The molecule has 0 aromatic carbocycles. The number of hydrogen-bond acceptors (Lipinski definition) is 5. The SMILES string of the molecule is Cn1cc(C(F)(F)F)nc1C1CCCN(c2ncnc3c2cnn3C)C1. The molecule has 1 fully saturated rings. The van der Waals surface area contributed by atoms with E-state index in [0.29, 0.717) is 12.4 Å². The zero-order valence-corrected chi connectivity index (χ0v) is 14.4. The van der Waals surface area contributed by atoms with E-state index in [-0.39, 0.29) is 5.92 Å². The van der Waals surface area contributed by atoms with Crippen molar-refractivity contribution >= 4 is 16.9 Å². The van der Waals surface area contributed by atoms with E-state index in [2.05, 4.69) is 25.0 Å². The minimum absolute atomic E-state index is 0.0912. The lowest BCUT2D eigenvalue weighted by molar-refractivity contribution is -0.141. The predicted molar refractivity (Wildman–Crippen MR) is 88.7 cm³/mol. The molecule has 1 aliphatic rings. The number of nitrogens with zero attached hydrogens (tertiary/aromatic N) is 7. The number of aryl methyl sites for hydroxylation is 2. The molecular weight excluding hydrogens is 347 g/mol. The van der Waals surface area contributed by atoms with Crippen LogP contribution in [0.3, 0.4) is 0 Å². The van der Waals surface area contributed by atoms with E-state index in [0.717, 1.165) is 42.4 Å². The van der Waals surface area contributed by atoms with Crippen LogP contribution in [-0.4, -0.2) is 42.4 Å². The first-order valence-corrected chi connectivity index (χ1v) is 8.32. The fraction of sp³-hybridized carbons (Fsp3) is 0.500. The third-order valence-corrected chi connectivity index (χ3v) is 4.80. The first-order chi connectivity index (χ1) is 12.3. The molecule has 0 bridgehead atoms. The summed E-state index contributed by atoms with van der Waals surface area (Å²) >= 11 is 0. The summed E-state index contributed by atoms with van der Waals surface area (Å²) in [5, 5.41) is 5.06. The molecule has 0 N–H and O–H groups in total. The van der Waals surface area contributed by atoms with Gasteiger partial charge in [-0.1, -0.05) is 0 Å². The third kappa shape index (κ3) is 2.78. The number of halogens is 3. The zero-order valence-electron chi connectivity index (χ0n) is 14.4. The Balaban J connectivity index is 1.65. The van der Waals surface area contributed by atoms with Gasteiger partial charge in [0.25, 0.3) is 0 Å². The van der Waals surface area contributed by atoms with E-state index in [1.54, 1.807) is 17.9 Å². The van der Waals surface area contributed by atoms with Crippen molar-refractivity contribution in [2.75, 3.05) is 18.0 Å². The van der Waals surface area contributed by atoms with Crippen LogP contribution in [0, 0.1) is 0 Å². The van der Waals surface area contributed by atoms with Crippen LogP contribution in [0.2, 0.25) is 0 Å². The number of rotatable bonds is 2. The van der Waals surface area contributed by atoms with E-state index in [4.69, 9.17) is 0 Å². The highest BCUT2D eigenvalue weighted by molar-refractivity contribution is 5.86. The number of fused-ring (bicyclic) bond motifs is 1. The molecule has 0 amide bonds. The summed E-state index contributed by atoms with van der Waals surface area (Å²) in [7, 11) is 3.42. The maximum Gasteiger partial charge on any atom is 0.434 e. The summed E-state index contributed by atoms with van der Waals surface area (Å²) in [6.45, 7) is 1.34. The number of alkyl halides is 3. The van der Waals surface area contributed by atoms with Crippen LogP contribution in [0.25, 0.3) is 11.0 Å². The summed E-state index contributed by atoms with van der Waals surface area (Å²) in [5.74, 6) is 1.13. The average molecular weight is 365 g/mol. The van der Waals surface area contributed by atoms with Gasteiger partial charge < -0.3 is 9.47 Å². The van der Waals surface area contributed by atoms with Crippen molar-refractivity contribution in [2.45, 2.75) is 24.9 Å². The van der Waals surface area contributed by atoms with E-state index in [1.807, 2.05) is 7.05 Å². The molecule has 1 unspecified atom stereocenters. The Kier molecular flexibility index (Phi) is 3.85. The van der Waals surface area contributed by atoms with Crippen molar-refractivity contribution in [3.63, 3.8) is 0 Å². The molecule has 3 aromatic rings. The number of hydrogen-bond donors (Lipinski definition) is 0. The van der Waals surface area contributed by atoms with E-state index in [1.165, 1.54) is 10.9 Å². The average Bonchev–Trinajstić information content (AvgIpc) is 3.18. The monoisotopic (exact) mass is 365 g/mol. The van der Waals surface area contributed by atoms with E-state index in [9.17, 15) is 13.2 Å². The second-order valence-corrected chi connectivity index (χ2v) is 6.58. The summed E-state index contributed by atoms with van der Waals surface area (Å²) in [5.41, 5.74) is -0.114. The first-order valence-electron chi connectivity index (χ1n) is 8.32. The molecule has 10 heteroatoms. The molecule has 1 atom stereocenters. The number of anilines is 1. The standard InChI is InChI=1S/C16H18F3N7/c1-24-8-12(16(17,18)19)23-13(24)10-4-3-5-26(7-10)15-11-6-22-25(2)14(11)20-9-21-15/h6,8-10H,3-5,7H2,1-2H3. The summed E-state index contributed by atoms with van der Waals surface area (Å²) in [6.07, 6.45) is 1.48. The lowest BCUT2D eigenvalue weighted by atomic mass is 9.97. The highest BCUT2D eigenvalue weighted by atomic mass is 19.4. The van der Waals surface area contributed by atoms with Crippen LogP contribution in [-0.2, 0) is 20.3 Å². The normalized spacial score (nSPS) is 18.7. The predicted octanol–water partition coefficient (Wildman–Crippen LogP) is 2.50. The molecule has 1 aliphatic heterocycles. The van der Waals surface area contributed by atoms with Gasteiger partial charge in [0.15, 0.2) is 11.3 Å². The van der Waals surface area contributed by atoms with Crippen molar-refractivity contribution in [3.05, 3.63) is 30.2 Å². The van der Waals surface area contributed by atoms with Crippen LogP contribution in [0.5, 0.6) is 0 Å². The van der Waals surface area contributed by atoms with Crippen molar-refractivity contribution in [3.8, 4) is 0 Å². The lowest BCUT2D eigenvalue weighted by Gasteiger charge is -2.33. The number of imidazole rings is 1. The molecule has 7 nitrogen and oxygen atoms in total. The second kappa shape index (κ2) is 5.96. The molecular formula is C16H18F3N7. The Labute approximate surface area is 147 Å². The second-order valence-electron chi connectivity index (χ2n) is 6.58. The number of aromatic nitrogens is 6. The highest BCUT2D eigenvalue weighted by Crippen LogP contribution is 2.34. The molecule has 3 aromatic heterocycles. The fourth-order valence-corrected chi connectivity index (χ4v) is 3.58. The minimum Gasteiger partial charge on any atom is -0.355 e. The third-order valence-electron chi connectivity index (χ3n) is 4.80. The highest BCUT2D eigenvalue weighted by Gasteiger charge is 2.36. The quantitative estimate of drug-likeness (QED) is 0.698. The first kappa shape index (κ1) is 16.8. The van der Waals surface area contributed by atoms with Crippen LogP contribution in [0.4, 0.5) is 19.0 Å². The Morgan fingerprint density at radius 1 is 1.19 bits per heavy atom. The Bertz CT molecular complexity index is 943. The molecule has 0 radical (unpaired) electrons. The Hall–Kier alpha value is -2.65. The van der Waals surface area contributed by atoms with Crippen LogP contribution >= 0.6 is 0 Å². The lowest BCUT2D eigenvalue weighted by Crippen LogP contribution is -2.36. The van der Waals surface area contributed by atoms with Gasteiger partial charge in [0.1, 0.15) is 18.0 Å². The zero-order chi connectivity index (χ0) is 18.5. The van der Waals surface area contributed by atoms with Crippen molar-refractivity contribution in [1.29, 1.82) is 0 Å². The molecule has 0 saturated carbocycles. The van der Waals surface area contributed by atoms with Gasteiger partial charge in [-0.05, 0) is 12.8 Å². The van der Waals surface area contributed by atoms with Gasteiger partial charge in [0, 0.05) is 39.3 Å². The summed E-state index contributed by atoms with van der Waals surface area (Å²) < 4.78 is 42.0. The van der Waals surface area contributed by atoms with Gasteiger partial charge in [-0.15, -0.1) is 0 Å². The van der Waals surface area contributed by atoms with Gasteiger partial charge >= 0.3 is 6.18 Å². The van der Waals surface area contributed by atoms with Gasteiger partial charge in [0.2, 0.25) is 0 Å². The molecule has 26 heavy (non-hydrogen) atoms. The molecule has 0 spiro atoms. The van der Waals surface area contributed by atoms with Crippen molar-refractivity contribution in [1.82, 2.24) is 29.3 Å². The van der Waals surface area contributed by atoms with Gasteiger partial charge in [-0.3, -0.25) is 4.68 Å². The molecule has 138 valence electrons. The van der Waals surface area contributed by atoms with E-state index >= 15 is 0 Å². The van der Waals surface area contributed by atoms with Crippen LogP contribution in [0.15, 0.2) is 18.7 Å². The maximum absolute atomic E-state index is 13.0. The summed E-state index contributed by atoms with van der Waals surface area (Å²) in [6, 6.07) is 0. The number of piperidine rings is 1. The molecule has 1 saturated heterocycles. The van der Waals surface area contributed by atoms with Gasteiger partial charge in [-0.25, -0.2) is 15.0 Å². The maximum atomic E-state index is 13.0. The van der Waals surface area contributed by atoms with Gasteiger partial charge in [-0.2, -0.15) is 18.3 Å². The van der Waals surface area contributed by atoms with Gasteiger partial charge in [0.05, 0.1) is 11.6 Å². The largest absolute Gasteiger partial charge is 0.434 e. The Morgan fingerprint density at radius 2 is 2.00 bits per heavy atom. The Morgan fingerprint density at radius 3 is 2.73 bits per heavy atom. The smallest absolute Gasteiger partial charge is 0.355 e. The van der Waals surface area contributed by atoms with Crippen molar-refractivity contribution < 1.29 is 13.2 Å². The molecule has 4 rings (SSSR count).